The van der Waals surface area contributed by atoms with Gasteiger partial charge in [-0.05, 0) is 6.54 Å². The van der Waals surface area contributed by atoms with Crippen molar-refractivity contribution in [2.75, 3.05) is 39.6 Å². The lowest BCUT2D eigenvalue weighted by Gasteiger charge is -2.33. The zero-order chi connectivity index (χ0) is 6.97. The number of fused-ring (bicyclic) bond motifs is 2. The van der Waals surface area contributed by atoms with E-state index in [2.05, 4.69) is 21.6 Å². The summed E-state index contributed by atoms with van der Waals surface area (Å²) in [7, 11) is 0. The number of hydrogen-bond acceptors (Lipinski definition) is 3. The molecular formula is C7H15N3. The highest BCUT2D eigenvalue weighted by Gasteiger charge is 2.27. The van der Waals surface area contributed by atoms with E-state index in [1.165, 1.54) is 39.6 Å². The second-order valence-electron chi connectivity index (χ2n) is 3.20. The van der Waals surface area contributed by atoms with Crippen LogP contribution in [0.15, 0.2) is 0 Å². The molecule has 2 bridgehead atoms. The first-order valence-corrected chi connectivity index (χ1v) is 4.05. The summed E-state index contributed by atoms with van der Waals surface area (Å²) in [6, 6.07) is 0. The van der Waals surface area contributed by atoms with Gasteiger partial charge in [-0.25, -0.2) is 0 Å². The van der Waals surface area contributed by atoms with Crippen molar-refractivity contribution in [3.8, 4) is 0 Å². The third-order valence-electron chi connectivity index (χ3n) is 2.38. The minimum absolute atomic E-state index is 1.19. The Hall–Kier alpha value is -0.120. The molecule has 0 aromatic carbocycles. The number of nitrogens with zero attached hydrogens (tertiary/aromatic N) is 3. The van der Waals surface area contributed by atoms with Crippen LogP contribution in [0, 0.1) is 0 Å². The molecule has 2 rings (SSSR count). The van der Waals surface area contributed by atoms with Crippen LogP contribution in [-0.4, -0.2) is 54.3 Å². The molecule has 2 unspecified atom stereocenters. The van der Waals surface area contributed by atoms with E-state index in [1.54, 1.807) is 0 Å². The van der Waals surface area contributed by atoms with E-state index >= 15 is 0 Å². The van der Waals surface area contributed by atoms with E-state index in [1.807, 2.05) is 0 Å². The number of hydrogen-bond donors (Lipinski definition) is 0. The molecule has 3 heteroatoms. The Labute approximate surface area is 62.2 Å². The highest BCUT2D eigenvalue weighted by Crippen LogP contribution is 2.12. The molecule has 0 amide bonds. The third-order valence-corrected chi connectivity index (χ3v) is 2.38. The Balaban J connectivity index is 1.96. The first-order chi connectivity index (χ1) is 4.88. The first-order valence-electron chi connectivity index (χ1n) is 4.05. The highest BCUT2D eigenvalue weighted by atomic mass is 15.5. The predicted octanol–water partition coefficient (Wildman–Crippen LogP) is -0.188. The topological polar surface area (TPSA) is 9.72 Å². The van der Waals surface area contributed by atoms with Gasteiger partial charge in [0, 0.05) is 13.1 Å². The zero-order valence-electron chi connectivity index (χ0n) is 6.58. The van der Waals surface area contributed by atoms with Gasteiger partial charge in [-0.3, -0.25) is 14.7 Å². The van der Waals surface area contributed by atoms with Crippen molar-refractivity contribution in [3.05, 3.63) is 0 Å². The molecule has 0 radical (unpaired) electrons. The van der Waals surface area contributed by atoms with Crippen LogP contribution in [0.1, 0.15) is 6.92 Å². The SMILES string of the molecule is CCN1CN2CCN(C1)C2. The van der Waals surface area contributed by atoms with Crippen LogP contribution in [0.4, 0.5) is 0 Å². The second-order valence-corrected chi connectivity index (χ2v) is 3.20. The van der Waals surface area contributed by atoms with Gasteiger partial charge in [-0.1, -0.05) is 6.92 Å². The Kier molecular flexibility index (Phi) is 1.64. The van der Waals surface area contributed by atoms with E-state index in [0.29, 0.717) is 0 Å². The Bertz CT molecular complexity index is 114. The van der Waals surface area contributed by atoms with Crippen molar-refractivity contribution < 1.29 is 0 Å². The fraction of sp³-hybridized carbons (Fsp3) is 1.00. The van der Waals surface area contributed by atoms with E-state index in [0.717, 1.165) is 0 Å². The van der Waals surface area contributed by atoms with Crippen molar-refractivity contribution in [1.82, 2.24) is 14.7 Å². The molecular weight excluding hydrogens is 126 g/mol. The molecule has 0 aromatic rings. The molecule has 58 valence electrons. The Morgan fingerprint density at radius 2 is 1.60 bits per heavy atom. The summed E-state index contributed by atoms with van der Waals surface area (Å²) in [5.74, 6) is 0. The van der Waals surface area contributed by atoms with Gasteiger partial charge in [0.1, 0.15) is 0 Å². The standard InChI is InChI=1S/C7H15N3/c1-2-8-5-9-3-4-10(6-8)7-9/h2-7H2,1H3. The van der Waals surface area contributed by atoms with Crippen molar-refractivity contribution in [1.29, 1.82) is 0 Å². The minimum Gasteiger partial charge on any atom is -0.278 e. The molecule has 2 fully saturated rings. The van der Waals surface area contributed by atoms with Gasteiger partial charge in [0.25, 0.3) is 0 Å². The molecule has 0 spiro atoms. The maximum atomic E-state index is 2.49. The average Bonchev–Trinajstić information content (AvgIpc) is 2.30. The lowest BCUT2D eigenvalue weighted by molar-refractivity contribution is 0.0381. The summed E-state index contributed by atoms with van der Waals surface area (Å²) in [4.78, 5) is 7.45. The largest absolute Gasteiger partial charge is 0.278 e. The van der Waals surface area contributed by atoms with E-state index in [9.17, 15) is 0 Å². The summed E-state index contributed by atoms with van der Waals surface area (Å²) >= 11 is 0. The third kappa shape index (κ3) is 1.05. The van der Waals surface area contributed by atoms with Gasteiger partial charge in [0.15, 0.2) is 0 Å². The lowest BCUT2D eigenvalue weighted by atomic mass is 10.5. The lowest BCUT2D eigenvalue weighted by Crippen LogP contribution is -2.47. The second kappa shape index (κ2) is 2.49. The van der Waals surface area contributed by atoms with E-state index in [-0.39, 0.29) is 0 Å². The molecule has 0 aromatic heterocycles. The fourth-order valence-corrected chi connectivity index (χ4v) is 1.75. The van der Waals surface area contributed by atoms with Crippen LogP contribution >= 0.6 is 0 Å². The van der Waals surface area contributed by atoms with Crippen LogP contribution in [-0.2, 0) is 0 Å². The molecule has 0 saturated carbocycles. The van der Waals surface area contributed by atoms with Crippen LogP contribution in [0.2, 0.25) is 0 Å². The van der Waals surface area contributed by atoms with Gasteiger partial charge >= 0.3 is 0 Å². The van der Waals surface area contributed by atoms with Crippen molar-refractivity contribution in [3.63, 3.8) is 0 Å². The van der Waals surface area contributed by atoms with Crippen LogP contribution < -0.4 is 0 Å². The van der Waals surface area contributed by atoms with Crippen molar-refractivity contribution >= 4 is 0 Å². The summed E-state index contributed by atoms with van der Waals surface area (Å²) in [5.41, 5.74) is 0. The quantitative estimate of drug-likeness (QED) is 0.501. The Morgan fingerprint density at radius 3 is 2.10 bits per heavy atom. The van der Waals surface area contributed by atoms with Gasteiger partial charge in [-0.15, -0.1) is 0 Å². The fourth-order valence-electron chi connectivity index (χ4n) is 1.75. The molecule has 3 nitrogen and oxygen atoms in total. The molecule has 2 aliphatic heterocycles. The van der Waals surface area contributed by atoms with Crippen LogP contribution in [0.3, 0.4) is 0 Å². The van der Waals surface area contributed by atoms with Crippen molar-refractivity contribution in [2.45, 2.75) is 6.92 Å². The van der Waals surface area contributed by atoms with Crippen LogP contribution in [0.25, 0.3) is 0 Å². The molecule has 0 N–H and O–H groups in total. The Morgan fingerprint density at radius 1 is 1.00 bits per heavy atom. The maximum Gasteiger partial charge on any atom is 0.0531 e. The monoisotopic (exact) mass is 141 g/mol. The van der Waals surface area contributed by atoms with Gasteiger partial charge in [0.05, 0.1) is 20.0 Å². The summed E-state index contributed by atoms with van der Waals surface area (Å²) in [6.45, 7) is 9.55. The molecule has 2 atom stereocenters. The molecule has 0 aliphatic carbocycles. The van der Waals surface area contributed by atoms with Gasteiger partial charge in [-0.2, -0.15) is 0 Å². The summed E-state index contributed by atoms with van der Waals surface area (Å²) in [6.07, 6.45) is 0. The highest BCUT2D eigenvalue weighted by molar-refractivity contribution is 4.75. The number of rotatable bonds is 1. The van der Waals surface area contributed by atoms with Crippen molar-refractivity contribution in [2.24, 2.45) is 0 Å². The minimum atomic E-state index is 1.19. The van der Waals surface area contributed by atoms with Crippen LogP contribution in [0.5, 0.6) is 0 Å². The molecule has 2 saturated heterocycles. The van der Waals surface area contributed by atoms with E-state index in [4.69, 9.17) is 0 Å². The molecule has 2 heterocycles. The van der Waals surface area contributed by atoms with Gasteiger partial charge in [0.2, 0.25) is 0 Å². The summed E-state index contributed by atoms with van der Waals surface area (Å²) in [5, 5.41) is 0. The smallest absolute Gasteiger partial charge is 0.0531 e. The van der Waals surface area contributed by atoms with Gasteiger partial charge < -0.3 is 0 Å². The van der Waals surface area contributed by atoms with E-state index < -0.39 is 0 Å². The molecule has 2 aliphatic rings. The average molecular weight is 141 g/mol. The zero-order valence-corrected chi connectivity index (χ0v) is 6.58. The molecule has 10 heavy (non-hydrogen) atoms. The first kappa shape index (κ1) is 6.58. The normalized spacial score (nSPS) is 40.5. The maximum absolute atomic E-state index is 2.49. The predicted molar refractivity (Wildman–Crippen MR) is 40.4 cm³/mol. The summed E-state index contributed by atoms with van der Waals surface area (Å²) < 4.78 is 0.